The minimum atomic E-state index is -0.440. The fourth-order valence-corrected chi connectivity index (χ4v) is 2.62. The molecule has 0 aromatic heterocycles. The van der Waals surface area contributed by atoms with E-state index in [2.05, 4.69) is 20.1 Å². The summed E-state index contributed by atoms with van der Waals surface area (Å²) >= 11 is 0. The molecule has 23 heavy (non-hydrogen) atoms. The zero-order valence-electron chi connectivity index (χ0n) is 14.5. The second-order valence-corrected chi connectivity index (χ2v) is 6.14. The van der Waals surface area contributed by atoms with E-state index in [0.29, 0.717) is 19.1 Å². The highest BCUT2D eigenvalue weighted by molar-refractivity contribution is 5.81. The van der Waals surface area contributed by atoms with Crippen molar-refractivity contribution in [3.8, 4) is 0 Å². The molecule has 0 bridgehead atoms. The van der Waals surface area contributed by atoms with Crippen molar-refractivity contribution in [3.63, 3.8) is 0 Å². The second-order valence-electron chi connectivity index (χ2n) is 6.14. The molecule has 5 heteroatoms. The molecule has 0 saturated carbocycles. The first-order valence-electron chi connectivity index (χ1n) is 8.04. The molecule has 0 spiro atoms. The van der Waals surface area contributed by atoms with E-state index in [1.165, 1.54) is 0 Å². The van der Waals surface area contributed by atoms with Crippen LogP contribution in [0.4, 0.5) is 0 Å². The van der Waals surface area contributed by atoms with Crippen LogP contribution in [0.5, 0.6) is 0 Å². The van der Waals surface area contributed by atoms with Crippen molar-refractivity contribution in [2.75, 3.05) is 19.8 Å². The smallest absolute Gasteiger partial charge is 0.330 e. The van der Waals surface area contributed by atoms with E-state index in [4.69, 9.17) is 14.6 Å². The fraction of sp³-hybridized carbons (Fsp3) is 0.667. The molecule has 0 radical (unpaired) electrons. The van der Waals surface area contributed by atoms with Crippen molar-refractivity contribution in [1.82, 2.24) is 0 Å². The fourth-order valence-electron chi connectivity index (χ4n) is 2.62. The summed E-state index contributed by atoms with van der Waals surface area (Å²) in [6.07, 6.45) is 3.87. The van der Waals surface area contributed by atoms with Crippen LogP contribution in [-0.4, -0.2) is 36.9 Å². The predicted octanol–water partition coefficient (Wildman–Crippen LogP) is 2.74. The van der Waals surface area contributed by atoms with Gasteiger partial charge >= 0.3 is 11.9 Å². The number of carbonyl (C=O) groups is 2. The standard InChI is InChI=1S/C18H30O5/c1-6-17(20)22-11-14(4)16(10-13(3)8-9-19)15(5)12-23-18(21)7-2/h6-7,13-16,19H,1-2,8-12H2,3-5H3. The van der Waals surface area contributed by atoms with Crippen LogP contribution in [0.15, 0.2) is 25.3 Å². The second kappa shape index (κ2) is 11.9. The Bertz CT molecular complexity index is 361. The molecule has 0 heterocycles. The Hall–Kier alpha value is -1.62. The van der Waals surface area contributed by atoms with Gasteiger partial charge in [-0.25, -0.2) is 9.59 Å². The quantitative estimate of drug-likeness (QED) is 0.441. The van der Waals surface area contributed by atoms with Gasteiger partial charge in [-0.15, -0.1) is 0 Å². The monoisotopic (exact) mass is 326 g/mol. The Balaban J connectivity index is 4.75. The van der Waals surface area contributed by atoms with Crippen molar-refractivity contribution in [2.45, 2.75) is 33.6 Å². The number of hydrogen-bond acceptors (Lipinski definition) is 5. The van der Waals surface area contributed by atoms with Crippen LogP contribution in [0.2, 0.25) is 0 Å². The Labute approximate surface area is 139 Å². The Kier molecular flexibility index (Phi) is 11.0. The van der Waals surface area contributed by atoms with Gasteiger partial charge in [-0.2, -0.15) is 0 Å². The summed E-state index contributed by atoms with van der Waals surface area (Å²) < 4.78 is 10.3. The van der Waals surface area contributed by atoms with Crippen molar-refractivity contribution >= 4 is 11.9 Å². The summed E-state index contributed by atoms with van der Waals surface area (Å²) in [5.74, 6) is -0.128. The van der Waals surface area contributed by atoms with E-state index in [1.807, 2.05) is 13.8 Å². The summed E-state index contributed by atoms with van der Waals surface area (Å²) in [7, 11) is 0. The highest BCUT2D eigenvalue weighted by atomic mass is 16.5. The number of ether oxygens (including phenoxy) is 2. The maximum absolute atomic E-state index is 11.2. The van der Waals surface area contributed by atoms with Gasteiger partial charge in [-0.3, -0.25) is 0 Å². The van der Waals surface area contributed by atoms with Gasteiger partial charge in [0.2, 0.25) is 0 Å². The highest BCUT2D eigenvalue weighted by Gasteiger charge is 2.27. The molecule has 3 unspecified atom stereocenters. The number of aliphatic hydroxyl groups is 1. The first kappa shape index (κ1) is 21.4. The van der Waals surface area contributed by atoms with Gasteiger partial charge in [0.05, 0.1) is 13.2 Å². The van der Waals surface area contributed by atoms with Gasteiger partial charge in [-0.05, 0) is 36.5 Å². The van der Waals surface area contributed by atoms with Crippen LogP contribution in [-0.2, 0) is 19.1 Å². The van der Waals surface area contributed by atoms with Crippen LogP contribution >= 0.6 is 0 Å². The van der Waals surface area contributed by atoms with E-state index >= 15 is 0 Å². The van der Waals surface area contributed by atoms with Crippen LogP contribution in [0.3, 0.4) is 0 Å². The minimum absolute atomic E-state index is 0.109. The zero-order valence-corrected chi connectivity index (χ0v) is 14.5. The molecule has 0 aromatic rings. The molecular weight excluding hydrogens is 296 g/mol. The third kappa shape index (κ3) is 9.18. The van der Waals surface area contributed by atoms with Crippen LogP contribution in [0, 0.1) is 23.7 Å². The molecule has 132 valence electrons. The molecule has 0 amide bonds. The SMILES string of the molecule is C=CC(=O)OCC(C)C(CC(C)CCO)C(C)COC(=O)C=C. The van der Waals surface area contributed by atoms with Crippen molar-refractivity contribution < 1.29 is 24.2 Å². The maximum Gasteiger partial charge on any atom is 0.330 e. The zero-order chi connectivity index (χ0) is 17.8. The first-order chi connectivity index (χ1) is 10.8. The Morgan fingerprint density at radius 1 is 1.00 bits per heavy atom. The third-order valence-corrected chi connectivity index (χ3v) is 4.07. The summed E-state index contributed by atoms with van der Waals surface area (Å²) in [6.45, 7) is 13.6. The molecule has 0 aliphatic heterocycles. The van der Waals surface area contributed by atoms with Gasteiger partial charge < -0.3 is 14.6 Å². The average Bonchev–Trinajstić information content (AvgIpc) is 2.54. The molecule has 1 N–H and O–H groups in total. The highest BCUT2D eigenvalue weighted by Crippen LogP contribution is 2.30. The molecule has 0 fully saturated rings. The van der Waals surface area contributed by atoms with E-state index in [1.54, 1.807) is 0 Å². The van der Waals surface area contributed by atoms with Crippen LogP contribution in [0.25, 0.3) is 0 Å². The summed E-state index contributed by atoms with van der Waals surface area (Å²) in [5, 5.41) is 9.08. The number of aliphatic hydroxyl groups excluding tert-OH is 1. The van der Waals surface area contributed by atoms with E-state index in [-0.39, 0.29) is 24.4 Å². The van der Waals surface area contributed by atoms with Crippen molar-refractivity contribution in [3.05, 3.63) is 25.3 Å². The van der Waals surface area contributed by atoms with Crippen molar-refractivity contribution in [1.29, 1.82) is 0 Å². The summed E-state index contributed by atoms with van der Waals surface area (Å²) in [4.78, 5) is 22.5. The topological polar surface area (TPSA) is 72.8 Å². The number of carbonyl (C=O) groups excluding carboxylic acids is 2. The summed E-state index contributed by atoms with van der Waals surface area (Å²) in [6, 6.07) is 0. The maximum atomic E-state index is 11.2. The lowest BCUT2D eigenvalue weighted by atomic mass is 9.77. The Morgan fingerprint density at radius 2 is 1.43 bits per heavy atom. The number of esters is 2. The van der Waals surface area contributed by atoms with Crippen LogP contribution < -0.4 is 0 Å². The number of hydrogen-bond donors (Lipinski definition) is 1. The predicted molar refractivity (Wildman–Crippen MR) is 89.6 cm³/mol. The lowest BCUT2D eigenvalue weighted by molar-refractivity contribution is -0.140. The average molecular weight is 326 g/mol. The molecule has 0 rings (SSSR count). The lowest BCUT2D eigenvalue weighted by Gasteiger charge is -2.31. The first-order valence-corrected chi connectivity index (χ1v) is 8.04. The number of rotatable bonds is 12. The molecule has 0 aliphatic rings. The van der Waals surface area contributed by atoms with Gasteiger partial charge in [0.1, 0.15) is 0 Å². The molecule has 0 aromatic carbocycles. The van der Waals surface area contributed by atoms with Gasteiger partial charge in [0, 0.05) is 18.8 Å². The van der Waals surface area contributed by atoms with Gasteiger partial charge in [0.25, 0.3) is 0 Å². The van der Waals surface area contributed by atoms with Gasteiger partial charge in [0.15, 0.2) is 0 Å². The molecule has 0 aliphatic carbocycles. The lowest BCUT2D eigenvalue weighted by Crippen LogP contribution is -2.29. The largest absolute Gasteiger partial charge is 0.462 e. The van der Waals surface area contributed by atoms with E-state index < -0.39 is 11.9 Å². The van der Waals surface area contributed by atoms with Crippen molar-refractivity contribution in [2.24, 2.45) is 23.7 Å². The minimum Gasteiger partial charge on any atom is -0.462 e. The van der Waals surface area contributed by atoms with Gasteiger partial charge in [-0.1, -0.05) is 33.9 Å². The molecule has 5 nitrogen and oxygen atoms in total. The third-order valence-electron chi connectivity index (χ3n) is 4.07. The van der Waals surface area contributed by atoms with Crippen LogP contribution in [0.1, 0.15) is 33.6 Å². The molecular formula is C18H30O5. The molecule has 3 atom stereocenters. The summed E-state index contributed by atoms with van der Waals surface area (Å²) in [5.41, 5.74) is 0. The Morgan fingerprint density at radius 3 is 1.78 bits per heavy atom. The van der Waals surface area contributed by atoms with E-state index in [9.17, 15) is 9.59 Å². The van der Waals surface area contributed by atoms with E-state index in [0.717, 1.165) is 25.0 Å². The normalized spacial score (nSPS) is 15.8. The molecule has 0 saturated heterocycles.